The van der Waals surface area contributed by atoms with E-state index in [9.17, 15) is 14.8 Å². The number of amides is 1. The van der Waals surface area contributed by atoms with Crippen molar-refractivity contribution in [3.8, 4) is 11.5 Å². The number of rotatable bonds is 3. The van der Waals surface area contributed by atoms with E-state index in [1.54, 1.807) is 13.2 Å². The molecular formula is C23H28N2O7. The van der Waals surface area contributed by atoms with Crippen LogP contribution in [0.5, 0.6) is 11.5 Å². The number of ether oxygens (including phenoxy) is 4. The number of fused-ring (bicyclic) bond motifs is 5. The number of esters is 1. The molecule has 4 aliphatic heterocycles. The summed E-state index contributed by atoms with van der Waals surface area (Å²) >= 11 is 0. The van der Waals surface area contributed by atoms with Gasteiger partial charge in [-0.2, -0.15) is 5.06 Å². The van der Waals surface area contributed by atoms with Crippen LogP contribution in [-0.4, -0.2) is 68.5 Å². The second-order valence-electron chi connectivity index (χ2n) is 8.99. The van der Waals surface area contributed by atoms with Gasteiger partial charge in [0.1, 0.15) is 0 Å². The minimum atomic E-state index is -0.919. The first-order valence-corrected chi connectivity index (χ1v) is 10.8. The zero-order chi connectivity index (χ0) is 22.8. The van der Waals surface area contributed by atoms with Crippen LogP contribution in [0.3, 0.4) is 0 Å². The quantitative estimate of drug-likeness (QED) is 0.557. The third-order valence-electron chi connectivity index (χ3n) is 7.86. The Morgan fingerprint density at radius 2 is 1.94 bits per heavy atom. The van der Waals surface area contributed by atoms with E-state index in [1.807, 2.05) is 13.0 Å². The van der Waals surface area contributed by atoms with Crippen LogP contribution in [0, 0.1) is 11.8 Å². The van der Waals surface area contributed by atoms with Gasteiger partial charge in [0.25, 0.3) is 5.91 Å². The van der Waals surface area contributed by atoms with Gasteiger partial charge in [-0.25, -0.2) is 4.79 Å². The molecule has 32 heavy (non-hydrogen) atoms. The maximum Gasteiger partial charge on any atom is 0.337 e. The summed E-state index contributed by atoms with van der Waals surface area (Å²) < 4.78 is 21.6. The molecule has 4 heterocycles. The summed E-state index contributed by atoms with van der Waals surface area (Å²) in [6.07, 6.45) is 2.64. The lowest BCUT2D eigenvalue weighted by atomic mass is 9.66. The number of carbonyl (C=O) groups excluding carboxylic acids is 2. The van der Waals surface area contributed by atoms with Gasteiger partial charge in [-0.15, -0.1) is 0 Å². The number of hydroxylamine groups is 1. The molecule has 5 unspecified atom stereocenters. The van der Waals surface area contributed by atoms with Crippen molar-refractivity contribution in [1.29, 1.82) is 0 Å². The van der Waals surface area contributed by atoms with Gasteiger partial charge in [0.05, 0.1) is 50.4 Å². The zero-order valence-electron chi connectivity index (χ0n) is 18.7. The van der Waals surface area contributed by atoms with Crippen molar-refractivity contribution in [3.05, 3.63) is 29.5 Å². The molecule has 1 amide bonds. The minimum absolute atomic E-state index is 0.0452. The van der Waals surface area contributed by atoms with Crippen LogP contribution in [0.1, 0.15) is 25.3 Å². The third-order valence-corrected chi connectivity index (χ3v) is 7.86. The van der Waals surface area contributed by atoms with E-state index >= 15 is 0 Å². The molecule has 5 rings (SSSR count). The lowest BCUT2D eigenvalue weighted by molar-refractivity contribution is -0.139. The number of nitrogens with zero attached hydrogens (tertiary/aromatic N) is 2. The Bertz CT molecular complexity index is 1010. The number of piperidine rings is 1. The van der Waals surface area contributed by atoms with E-state index in [0.717, 1.165) is 10.6 Å². The normalized spacial score (nSPS) is 33.2. The lowest BCUT2D eigenvalue weighted by Gasteiger charge is -2.48. The highest BCUT2D eigenvalue weighted by Gasteiger charge is 2.63. The molecule has 5 atom stereocenters. The van der Waals surface area contributed by atoms with Crippen LogP contribution < -0.4 is 14.5 Å². The summed E-state index contributed by atoms with van der Waals surface area (Å²) in [5.41, 5.74) is 0.742. The van der Waals surface area contributed by atoms with Crippen molar-refractivity contribution in [3.63, 3.8) is 0 Å². The van der Waals surface area contributed by atoms with Gasteiger partial charge in [0.2, 0.25) is 0 Å². The molecule has 1 spiro atoms. The van der Waals surface area contributed by atoms with Crippen LogP contribution in [0.15, 0.2) is 24.0 Å². The molecule has 2 fully saturated rings. The number of methoxy groups -OCH3 is 3. The van der Waals surface area contributed by atoms with Crippen molar-refractivity contribution in [2.24, 2.45) is 11.8 Å². The minimum Gasteiger partial charge on any atom is -0.497 e. The average Bonchev–Trinajstić information content (AvgIpc) is 3.29. The molecule has 9 nitrogen and oxygen atoms in total. The fraction of sp³-hybridized carbons (Fsp3) is 0.565. The van der Waals surface area contributed by atoms with E-state index in [4.69, 9.17) is 18.9 Å². The molecule has 0 aromatic heterocycles. The van der Waals surface area contributed by atoms with E-state index in [2.05, 4.69) is 4.90 Å². The van der Waals surface area contributed by atoms with Crippen LogP contribution in [0.25, 0.3) is 0 Å². The zero-order valence-corrected chi connectivity index (χ0v) is 18.7. The van der Waals surface area contributed by atoms with Crippen LogP contribution in [-0.2, 0) is 24.5 Å². The van der Waals surface area contributed by atoms with E-state index in [1.165, 1.54) is 20.5 Å². The van der Waals surface area contributed by atoms with Gasteiger partial charge in [-0.05, 0) is 37.9 Å². The predicted molar refractivity (Wildman–Crippen MR) is 113 cm³/mol. The van der Waals surface area contributed by atoms with Gasteiger partial charge < -0.3 is 18.9 Å². The van der Waals surface area contributed by atoms with Gasteiger partial charge in [0, 0.05) is 30.5 Å². The first-order valence-electron chi connectivity index (χ1n) is 10.8. The number of hydrogen-bond acceptors (Lipinski definition) is 8. The van der Waals surface area contributed by atoms with Crippen LogP contribution >= 0.6 is 0 Å². The summed E-state index contributed by atoms with van der Waals surface area (Å²) in [5.74, 6) is 0.232. The van der Waals surface area contributed by atoms with Crippen molar-refractivity contribution >= 4 is 17.6 Å². The number of hydrogen-bond donors (Lipinski definition) is 1. The first kappa shape index (κ1) is 21.1. The Morgan fingerprint density at radius 3 is 2.62 bits per heavy atom. The van der Waals surface area contributed by atoms with Gasteiger partial charge in [0.15, 0.2) is 11.5 Å². The SMILES string of the molecule is COC(=O)C1=COC(C)C2CN3CCC4(C(=O)N(O)c5cc(OC)c(OC)cc54)C3CC12. The summed E-state index contributed by atoms with van der Waals surface area (Å²) in [6, 6.07) is 3.27. The number of anilines is 1. The Balaban J connectivity index is 1.60. The second kappa shape index (κ2) is 7.38. The Labute approximate surface area is 186 Å². The molecule has 0 bridgehead atoms. The van der Waals surface area contributed by atoms with Crippen molar-refractivity contribution < 1.29 is 33.7 Å². The standard InChI is InChI=1S/C23H28N2O7/c1-12-14-10-24-6-5-23(20(24)7-13(14)15(11-32-12)21(26)31-4)16-8-18(29-2)19(30-3)9-17(16)25(28)22(23)27/h8-9,11-14,20,28H,5-7,10H2,1-4H3. The molecule has 0 aliphatic carbocycles. The van der Waals surface area contributed by atoms with Crippen molar-refractivity contribution in [2.45, 2.75) is 37.3 Å². The molecule has 0 radical (unpaired) electrons. The van der Waals surface area contributed by atoms with Crippen molar-refractivity contribution in [2.75, 3.05) is 39.5 Å². The van der Waals surface area contributed by atoms with Gasteiger partial charge in [-0.1, -0.05) is 0 Å². The molecular weight excluding hydrogens is 416 g/mol. The van der Waals surface area contributed by atoms with E-state index in [-0.39, 0.29) is 29.9 Å². The van der Waals surface area contributed by atoms with Crippen LogP contribution in [0.4, 0.5) is 5.69 Å². The Morgan fingerprint density at radius 1 is 1.22 bits per heavy atom. The largest absolute Gasteiger partial charge is 0.497 e. The first-order chi connectivity index (χ1) is 15.4. The summed E-state index contributed by atoms with van der Waals surface area (Å²) in [6.45, 7) is 3.43. The molecule has 0 saturated carbocycles. The fourth-order valence-electron chi connectivity index (χ4n) is 6.23. The summed E-state index contributed by atoms with van der Waals surface area (Å²) in [7, 11) is 4.43. The maximum absolute atomic E-state index is 13.6. The fourth-order valence-corrected chi connectivity index (χ4v) is 6.23. The number of carbonyl (C=O) groups is 2. The highest BCUT2D eigenvalue weighted by atomic mass is 16.5. The molecule has 1 N–H and O–H groups in total. The van der Waals surface area contributed by atoms with E-state index in [0.29, 0.717) is 48.7 Å². The number of benzene rings is 1. The second-order valence-corrected chi connectivity index (χ2v) is 8.99. The predicted octanol–water partition coefficient (Wildman–Crippen LogP) is 1.86. The summed E-state index contributed by atoms with van der Waals surface area (Å²) in [4.78, 5) is 28.3. The third kappa shape index (κ3) is 2.64. The average molecular weight is 444 g/mol. The Hall–Kier alpha value is -2.78. The molecule has 1 aromatic rings. The highest BCUT2D eigenvalue weighted by molar-refractivity contribution is 6.08. The summed E-state index contributed by atoms with van der Waals surface area (Å²) in [5, 5.41) is 11.5. The van der Waals surface area contributed by atoms with Gasteiger partial charge >= 0.3 is 5.97 Å². The smallest absolute Gasteiger partial charge is 0.337 e. The highest BCUT2D eigenvalue weighted by Crippen LogP contribution is 2.56. The molecule has 9 heteroatoms. The molecule has 2 saturated heterocycles. The topological polar surface area (TPSA) is 97.8 Å². The maximum atomic E-state index is 13.6. The molecule has 1 aromatic carbocycles. The van der Waals surface area contributed by atoms with Crippen molar-refractivity contribution in [1.82, 2.24) is 4.90 Å². The monoisotopic (exact) mass is 444 g/mol. The lowest BCUT2D eigenvalue weighted by Crippen LogP contribution is -2.57. The Kier molecular flexibility index (Phi) is 4.86. The van der Waals surface area contributed by atoms with Gasteiger partial charge in [-0.3, -0.25) is 14.9 Å². The van der Waals surface area contributed by atoms with E-state index < -0.39 is 11.4 Å². The van der Waals surface area contributed by atoms with Crippen LogP contribution in [0.2, 0.25) is 0 Å². The molecule has 4 aliphatic rings. The molecule has 172 valence electrons.